The molecule has 1 aromatic heterocycles. The van der Waals surface area contributed by atoms with Crippen molar-refractivity contribution in [3.8, 4) is 0 Å². The summed E-state index contributed by atoms with van der Waals surface area (Å²) in [5.74, 6) is 0.103. The van der Waals surface area contributed by atoms with Gasteiger partial charge in [-0.05, 0) is 29.9 Å². The lowest BCUT2D eigenvalue weighted by Gasteiger charge is -2.30. The highest BCUT2D eigenvalue weighted by Gasteiger charge is 2.44. The summed E-state index contributed by atoms with van der Waals surface area (Å²) in [7, 11) is 0. The van der Waals surface area contributed by atoms with Gasteiger partial charge in [0.1, 0.15) is 0 Å². The number of aromatic nitrogens is 2. The molecule has 2 aliphatic rings. The van der Waals surface area contributed by atoms with Crippen LogP contribution in [0.15, 0.2) is 39.4 Å². The molecule has 1 atom stereocenters. The van der Waals surface area contributed by atoms with Crippen LogP contribution in [-0.2, 0) is 4.79 Å². The van der Waals surface area contributed by atoms with E-state index in [0.29, 0.717) is 34.9 Å². The predicted molar refractivity (Wildman–Crippen MR) is 97.6 cm³/mol. The van der Waals surface area contributed by atoms with E-state index in [-0.39, 0.29) is 34.3 Å². The first-order valence-corrected chi connectivity index (χ1v) is 8.76. The number of fused-ring (bicyclic) bond motifs is 3. The highest BCUT2D eigenvalue weighted by atomic mass is 16.2. The minimum absolute atomic E-state index is 0.0437. The highest BCUT2D eigenvalue weighted by molar-refractivity contribution is 6.04. The van der Waals surface area contributed by atoms with Crippen LogP contribution in [0.2, 0.25) is 0 Å². The maximum Gasteiger partial charge on any atom is 0.277 e. The lowest BCUT2D eigenvalue weighted by atomic mass is 9.73. The van der Waals surface area contributed by atoms with Gasteiger partial charge in [0, 0.05) is 12.0 Å². The number of carbonyl (C=O) groups excluding carboxylic acids is 1. The molecule has 2 aromatic rings. The van der Waals surface area contributed by atoms with E-state index in [2.05, 4.69) is 0 Å². The Bertz CT molecular complexity index is 1070. The minimum atomic E-state index is -0.372. The highest BCUT2D eigenvalue weighted by Crippen LogP contribution is 2.46. The number of Topliss-reactive ketones (excluding diaryl/α,β-unsaturated/α-hetero) is 1. The zero-order valence-corrected chi connectivity index (χ0v) is 15.0. The van der Waals surface area contributed by atoms with Gasteiger partial charge in [-0.1, -0.05) is 39.8 Å². The first-order chi connectivity index (χ1) is 11.7. The monoisotopic (exact) mass is 338 g/mol. The molecule has 1 aliphatic carbocycles. The lowest BCUT2D eigenvalue weighted by molar-refractivity contribution is -0.118. The molecular formula is C20H22N2O3. The number of hydrogen-bond donors (Lipinski definition) is 0. The van der Waals surface area contributed by atoms with E-state index in [1.807, 2.05) is 27.7 Å². The van der Waals surface area contributed by atoms with Gasteiger partial charge in [0.05, 0.1) is 22.5 Å². The minimum Gasteiger partial charge on any atom is -0.294 e. The van der Waals surface area contributed by atoms with Gasteiger partial charge in [-0.3, -0.25) is 14.4 Å². The maximum atomic E-state index is 13.2. The van der Waals surface area contributed by atoms with Crippen LogP contribution in [0, 0.1) is 11.3 Å². The van der Waals surface area contributed by atoms with Crippen LogP contribution in [0.4, 0.5) is 0 Å². The molecule has 1 unspecified atom stereocenters. The summed E-state index contributed by atoms with van der Waals surface area (Å²) in [4.78, 5) is 39.2. The van der Waals surface area contributed by atoms with Gasteiger partial charge < -0.3 is 0 Å². The number of hydrogen-bond acceptors (Lipinski definition) is 3. The number of rotatable bonds is 1. The van der Waals surface area contributed by atoms with Gasteiger partial charge in [0.15, 0.2) is 5.78 Å². The van der Waals surface area contributed by atoms with Crippen LogP contribution in [0.25, 0.3) is 16.5 Å². The SMILES string of the molecule is CC(C)C1C2=C(CC(C)(C)CC2=O)n2c(=O)c3ccccc3c(=O)n21. The van der Waals surface area contributed by atoms with Gasteiger partial charge >= 0.3 is 0 Å². The molecule has 4 rings (SSSR count). The van der Waals surface area contributed by atoms with Crippen molar-refractivity contribution >= 4 is 22.3 Å². The van der Waals surface area contributed by atoms with Crippen LogP contribution in [0.5, 0.6) is 0 Å². The van der Waals surface area contributed by atoms with Crippen molar-refractivity contribution in [2.45, 2.75) is 46.6 Å². The summed E-state index contributed by atoms with van der Waals surface area (Å²) in [6.45, 7) is 8.05. The van der Waals surface area contributed by atoms with Gasteiger partial charge in [-0.2, -0.15) is 0 Å². The Hall–Kier alpha value is -2.43. The van der Waals surface area contributed by atoms with E-state index in [1.54, 1.807) is 24.3 Å². The second kappa shape index (κ2) is 5.04. The molecule has 0 radical (unpaired) electrons. The topological polar surface area (TPSA) is 61.1 Å². The van der Waals surface area contributed by atoms with Gasteiger partial charge in [-0.15, -0.1) is 0 Å². The van der Waals surface area contributed by atoms with Gasteiger partial charge in [0.25, 0.3) is 11.1 Å². The first-order valence-electron chi connectivity index (χ1n) is 8.76. The molecule has 5 nitrogen and oxygen atoms in total. The van der Waals surface area contributed by atoms with E-state index in [1.165, 1.54) is 9.36 Å². The Labute approximate surface area is 145 Å². The summed E-state index contributed by atoms with van der Waals surface area (Å²) in [6.07, 6.45) is 1.07. The fourth-order valence-corrected chi connectivity index (χ4v) is 4.35. The third kappa shape index (κ3) is 2.11. The quantitative estimate of drug-likeness (QED) is 0.803. The maximum absolute atomic E-state index is 13.2. The number of carbonyl (C=O) groups is 1. The number of benzene rings is 1. The van der Waals surface area contributed by atoms with Crippen LogP contribution >= 0.6 is 0 Å². The van der Waals surface area contributed by atoms with Crippen LogP contribution in [0.3, 0.4) is 0 Å². The van der Waals surface area contributed by atoms with Crippen molar-refractivity contribution in [2.24, 2.45) is 11.3 Å². The predicted octanol–water partition coefficient (Wildman–Crippen LogP) is 2.97. The van der Waals surface area contributed by atoms with Crippen molar-refractivity contribution in [3.63, 3.8) is 0 Å². The van der Waals surface area contributed by atoms with Crippen LogP contribution < -0.4 is 11.1 Å². The number of allylic oxidation sites excluding steroid dienone is 2. The molecule has 2 heterocycles. The first kappa shape index (κ1) is 16.1. The van der Waals surface area contributed by atoms with E-state index in [4.69, 9.17) is 0 Å². The van der Waals surface area contributed by atoms with Gasteiger partial charge in [0.2, 0.25) is 0 Å². The fraction of sp³-hybridized carbons (Fsp3) is 0.450. The van der Waals surface area contributed by atoms with Gasteiger partial charge in [-0.25, -0.2) is 9.36 Å². The molecule has 0 N–H and O–H groups in total. The molecule has 0 fully saturated rings. The lowest BCUT2D eigenvalue weighted by Crippen LogP contribution is -2.38. The van der Waals surface area contributed by atoms with Crippen molar-refractivity contribution in [1.29, 1.82) is 0 Å². The second-order valence-electron chi connectivity index (χ2n) is 8.30. The van der Waals surface area contributed by atoms with Crippen molar-refractivity contribution in [2.75, 3.05) is 0 Å². The Morgan fingerprint density at radius 3 is 2.20 bits per heavy atom. The molecule has 1 aromatic carbocycles. The van der Waals surface area contributed by atoms with Crippen molar-refractivity contribution in [1.82, 2.24) is 9.36 Å². The van der Waals surface area contributed by atoms with E-state index < -0.39 is 0 Å². The molecular weight excluding hydrogens is 316 g/mol. The molecule has 0 bridgehead atoms. The summed E-state index contributed by atoms with van der Waals surface area (Å²) >= 11 is 0. The Morgan fingerprint density at radius 2 is 1.60 bits per heavy atom. The van der Waals surface area contributed by atoms with E-state index >= 15 is 0 Å². The Balaban J connectivity index is 2.16. The summed E-state index contributed by atoms with van der Waals surface area (Å²) in [5, 5.41) is 0.830. The summed E-state index contributed by atoms with van der Waals surface area (Å²) in [6, 6.07) is 6.53. The van der Waals surface area contributed by atoms with Crippen molar-refractivity contribution in [3.05, 3.63) is 50.5 Å². The van der Waals surface area contributed by atoms with Crippen molar-refractivity contribution < 1.29 is 4.79 Å². The zero-order valence-electron chi connectivity index (χ0n) is 15.0. The molecule has 1 aliphatic heterocycles. The second-order valence-corrected chi connectivity index (χ2v) is 8.30. The largest absolute Gasteiger partial charge is 0.294 e. The molecule has 130 valence electrons. The average molecular weight is 338 g/mol. The average Bonchev–Trinajstić information content (AvgIpc) is 2.87. The smallest absolute Gasteiger partial charge is 0.277 e. The standard InChI is InChI=1S/C20H22N2O3/c1-11(2)17-16-14(9-20(3,4)10-15(16)23)21-18(24)12-7-5-6-8-13(12)19(25)22(17)21/h5-8,11,17H,9-10H2,1-4H3. The number of nitrogens with zero attached hydrogens (tertiary/aromatic N) is 2. The summed E-state index contributed by atoms with van der Waals surface area (Å²) in [5.41, 5.74) is 0.746. The molecule has 0 spiro atoms. The normalized spacial score (nSPS) is 21.8. The van der Waals surface area contributed by atoms with E-state index in [9.17, 15) is 14.4 Å². The van der Waals surface area contributed by atoms with E-state index in [0.717, 1.165) is 0 Å². The Morgan fingerprint density at radius 1 is 1.00 bits per heavy atom. The number of ketones is 1. The van der Waals surface area contributed by atoms with Crippen LogP contribution in [-0.4, -0.2) is 15.1 Å². The third-order valence-corrected chi connectivity index (χ3v) is 5.35. The summed E-state index contributed by atoms with van der Waals surface area (Å²) < 4.78 is 3.02. The fourth-order valence-electron chi connectivity index (χ4n) is 4.35. The van der Waals surface area contributed by atoms with Crippen LogP contribution in [0.1, 0.15) is 46.6 Å². The Kier molecular flexibility index (Phi) is 3.24. The molecule has 0 saturated carbocycles. The molecule has 25 heavy (non-hydrogen) atoms. The molecule has 5 heteroatoms. The molecule has 0 amide bonds. The third-order valence-electron chi connectivity index (χ3n) is 5.35. The zero-order chi connectivity index (χ0) is 18.1. The molecule has 0 saturated heterocycles.